The summed E-state index contributed by atoms with van der Waals surface area (Å²) in [5.74, 6) is -2.74. The minimum atomic E-state index is -4.20. The van der Waals surface area contributed by atoms with Gasteiger partial charge in [0, 0.05) is 38.6 Å². The average molecular weight is 597 g/mol. The second-order valence-electron chi connectivity index (χ2n) is 9.09. The quantitative estimate of drug-likeness (QED) is 0.197. The van der Waals surface area contributed by atoms with Crippen LogP contribution in [0.4, 0.5) is 20.3 Å². The van der Waals surface area contributed by atoms with Crippen LogP contribution in [-0.2, 0) is 14.8 Å². The lowest BCUT2D eigenvalue weighted by atomic mass is 10.2. The number of guanidine groups is 1. The number of halogens is 2. The summed E-state index contributed by atoms with van der Waals surface area (Å²) in [6.07, 6.45) is 4.03. The molecule has 4 N–H and O–H groups in total. The number of hydrogen-bond donors (Lipinski definition) is 3. The number of rotatable bonds is 13. The van der Waals surface area contributed by atoms with Crippen molar-refractivity contribution in [2.24, 2.45) is 10.7 Å². The Kier molecular flexibility index (Phi) is 10.7. The Labute approximate surface area is 237 Å². The van der Waals surface area contributed by atoms with E-state index in [1.165, 1.54) is 13.4 Å². The maximum atomic E-state index is 14.9. The van der Waals surface area contributed by atoms with Crippen LogP contribution in [0.15, 0.2) is 40.7 Å². The Morgan fingerprint density at radius 1 is 1.24 bits per heavy atom. The van der Waals surface area contributed by atoms with Crippen molar-refractivity contribution in [2.45, 2.75) is 51.3 Å². The van der Waals surface area contributed by atoms with Crippen molar-refractivity contribution >= 4 is 27.5 Å². The third-order valence-corrected chi connectivity index (χ3v) is 7.46. The number of nitrogens with zero attached hydrogens (tertiary/aromatic N) is 6. The molecular weight excluding hydrogens is 562 g/mol. The molecule has 0 spiro atoms. The second-order valence-corrected chi connectivity index (χ2v) is 11.1. The summed E-state index contributed by atoms with van der Waals surface area (Å²) in [5, 5.41) is 15.6. The van der Waals surface area contributed by atoms with E-state index in [0.29, 0.717) is 30.0 Å². The van der Waals surface area contributed by atoms with Crippen molar-refractivity contribution in [1.29, 1.82) is 0 Å². The van der Waals surface area contributed by atoms with E-state index in [0.717, 1.165) is 4.31 Å². The number of aromatic nitrogens is 4. The second kappa shape index (κ2) is 13.8. The van der Waals surface area contributed by atoms with Crippen LogP contribution in [-0.4, -0.2) is 76.4 Å². The van der Waals surface area contributed by atoms with Gasteiger partial charge in [-0.2, -0.15) is 10.1 Å². The standard InChI is InChI=1S/C25H34F2N8O5S/c1-6-39-16(4)35-13-17(12-31-35)21-23(40-15(2)3)24(30-14-29-21)33-25(28)32-22-19(26)10-18(11-20(22)27)41(37,38)34(5)8-7-9-36/h10-16,36H,6-9H2,1-5H3,(H3,28,29,30,32,33). The number of nitrogens with one attached hydrogen (secondary N) is 1. The number of benzene rings is 1. The SMILES string of the molecule is CCOC(C)n1cc(-c2ncnc(N=C(N)Nc3c(F)cc(S(=O)(=O)N(C)CCCO)cc3F)c2OC(C)C)cn1. The molecule has 0 radical (unpaired) electrons. The lowest BCUT2D eigenvalue weighted by Gasteiger charge is -2.18. The topological polar surface area (TPSA) is 170 Å². The van der Waals surface area contributed by atoms with Crippen LogP contribution < -0.4 is 15.8 Å². The van der Waals surface area contributed by atoms with Crippen LogP contribution >= 0.6 is 0 Å². The van der Waals surface area contributed by atoms with E-state index in [-0.39, 0.29) is 43.5 Å². The fourth-order valence-electron chi connectivity index (χ4n) is 3.65. The Balaban J connectivity index is 1.95. The van der Waals surface area contributed by atoms with E-state index in [9.17, 15) is 17.2 Å². The number of anilines is 1. The molecule has 16 heteroatoms. The van der Waals surface area contributed by atoms with Gasteiger partial charge in [-0.15, -0.1) is 0 Å². The first-order valence-electron chi connectivity index (χ1n) is 12.7. The van der Waals surface area contributed by atoms with E-state index in [1.54, 1.807) is 30.9 Å². The highest BCUT2D eigenvalue weighted by molar-refractivity contribution is 7.89. The molecule has 224 valence electrons. The van der Waals surface area contributed by atoms with Crippen LogP contribution in [0.5, 0.6) is 5.75 Å². The Hall–Kier alpha value is -3.73. The fraction of sp³-hybridized carbons (Fsp3) is 0.440. The number of nitrogens with two attached hydrogens (primary N) is 1. The molecule has 41 heavy (non-hydrogen) atoms. The highest BCUT2D eigenvalue weighted by atomic mass is 32.2. The van der Waals surface area contributed by atoms with Crippen LogP contribution in [0, 0.1) is 11.6 Å². The normalized spacial score (nSPS) is 13.2. The number of aliphatic hydroxyl groups excluding tert-OH is 1. The maximum Gasteiger partial charge on any atom is 0.243 e. The van der Waals surface area contributed by atoms with Crippen molar-refractivity contribution in [1.82, 2.24) is 24.1 Å². The van der Waals surface area contributed by atoms with Gasteiger partial charge in [0.15, 0.2) is 23.3 Å². The van der Waals surface area contributed by atoms with Gasteiger partial charge >= 0.3 is 0 Å². The average Bonchev–Trinajstić information content (AvgIpc) is 3.40. The molecule has 0 aliphatic carbocycles. The smallest absolute Gasteiger partial charge is 0.243 e. The summed E-state index contributed by atoms with van der Waals surface area (Å²) < 4.78 is 69.1. The Morgan fingerprint density at radius 2 is 1.93 bits per heavy atom. The monoisotopic (exact) mass is 596 g/mol. The van der Waals surface area contributed by atoms with Gasteiger partial charge < -0.3 is 25.6 Å². The van der Waals surface area contributed by atoms with Crippen molar-refractivity contribution in [3.8, 4) is 17.0 Å². The summed E-state index contributed by atoms with van der Waals surface area (Å²) in [7, 11) is -2.96. The Bertz CT molecular complexity index is 1460. The summed E-state index contributed by atoms with van der Waals surface area (Å²) in [6, 6.07) is 1.33. The molecule has 0 saturated carbocycles. The van der Waals surface area contributed by atoms with Crippen molar-refractivity contribution in [3.63, 3.8) is 0 Å². The minimum Gasteiger partial charge on any atom is -0.485 e. The highest BCUT2D eigenvalue weighted by Crippen LogP contribution is 2.36. The molecule has 2 heterocycles. The van der Waals surface area contributed by atoms with Gasteiger partial charge in [0.2, 0.25) is 15.8 Å². The number of hydrogen-bond acceptors (Lipinski definition) is 9. The molecule has 0 amide bonds. The number of aliphatic imine (C=N–C) groups is 1. The van der Waals surface area contributed by atoms with Gasteiger partial charge in [-0.1, -0.05) is 0 Å². The van der Waals surface area contributed by atoms with Gasteiger partial charge in [0.05, 0.1) is 17.2 Å². The zero-order valence-corrected chi connectivity index (χ0v) is 24.2. The predicted octanol–water partition coefficient (Wildman–Crippen LogP) is 3.02. The molecule has 0 fully saturated rings. The molecule has 0 bridgehead atoms. The minimum absolute atomic E-state index is 0.0233. The summed E-state index contributed by atoms with van der Waals surface area (Å²) in [6.45, 7) is 7.51. The van der Waals surface area contributed by atoms with Crippen LogP contribution in [0.25, 0.3) is 11.3 Å². The van der Waals surface area contributed by atoms with E-state index < -0.39 is 38.2 Å². The van der Waals surface area contributed by atoms with Crippen molar-refractivity contribution in [3.05, 3.63) is 42.5 Å². The molecule has 3 rings (SSSR count). The molecule has 2 aromatic heterocycles. The van der Waals surface area contributed by atoms with Gasteiger partial charge in [0.25, 0.3) is 0 Å². The molecule has 1 atom stereocenters. The third-order valence-electron chi connectivity index (χ3n) is 5.63. The zero-order chi connectivity index (χ0) is 30.3. The summed E-state index contributed by atoms with van der Waals surface area (Å²) >= 11 is 0. The third kappa shape index (κ3) is 7.72. The van der Waals surface area contributed by atoms with Gasteiger partial charge in [-0.3, -0.25) is 0 Å². The molecule has 1 aromatic carbocycles. The molecule has 0 saturated heterocycles. The van der Waals surface area contributed by atoms with Crippen LogP contribution in [0.2, 0.25) is 0 Å². The van der Waals surface area contributed by atoms with E-state index in [4.69, 9.17) is 20.3 Å². The van der Waals surface area contributed by atoms with Crippen LogP contribution in [0.1, 0.15) is 40.3 Å². The van der Waals surface area contributed by atoms with E-state index in [1.807, 2.05) is 13.8 Å². The lowest BCUT2D eigenvalue weighted by molar-refractivity contribution is 0.0160. The number of aliphatic hydroxyl groups is 1. The van der Waals surface area contributed by atoms with E-state index >= 15 is 0 Å². The van der Waals surface area contributed by atoms with Crippen molar-refractivity contribution in [2.75, 3.05) is 32.1 Å². The van der Waals surface area contributed by atoms with Gasteiger partial charge in [-0.25, -0.2) is 36.2 Å². The zero-order valence-electron chi connectivity index (χ0n) is 23.4. The maximum absolute atomic E-state index is 14.9. The van der Waals surface area contributed by atoms with Crippen molar-refractivity contribution < 1.29 is 31.8 Å². The molecule has 0 aliphatic rings. The predicted molar refractivity (Wildman–Crippen MR) is 148 cm³/mol. The molecule has 3 aromatic rings. The molecule has 0 aliphatic heterocycles. The largest absolute Gasteiger partial charge is 0.485 e. The molecule has 1 unspecified atom stereocenters. The van der Waals surface area contributed by atoms with Gasteiger partial charge in [0.1, 0.15) is 23.9 Å². The van der Waals surface area contributed by atoms with Crippen LogP contribution in [0.3, 0.4) is 0 Å². The fourth-order valence-corrected chi connectivity index (χ4v) is 4.89. The number of ether oxygens (including phenoxy) is 2. The van der Waals surface area contributed by atoms with Gasteiger partial charge in [-0.05, 0) is 46.2 Å². The first-order chi connectivity index (χ1) is 19.4. The first kappa shape index (κ1) is 31.8. The lowest BCUT2D eigenvalue weighted by Crippen LogP contribution is -2.29. The number of sulfonamides is 1. The summed E-state index contributed by atoms with van der Waals surface area (Å²) in [5.41, 5.74) is 6.19. The summed E-state index contributed by atoms with van der Waals surface area (Å²) in [4.78, 5) is 12.0. The molecule has 13 nitrogen and oxygen atoms in total. The highest BCUT2D eigenvalue weighted by Gasteiger charge is 2.25. The van der Waals surface area contributed by atoms with E-state index in [2.05, 4.69) is 25.4 Å². The molecular formula is C25H34F2N8O5S. The Morgan fingerprint density at radius 3 is 2.54 bits per heavy atom. The first-order valence-corrected chi connectivity index (χ1v) is 14.2.